The molecule has 0 spiro atoms. The highest BCUT2D eigenvalue weighted by atomic mass is 16.5. The molecular formula is C16H15NO8. The van der Waals surface area contributed by atoms with Crippen LogP contribution in [0.5, 0.6) is 28.7 Å². The fourth-order valence-corrected chi connectivity index (χ4v) is 2.11. The number of carbonyl (C=O) groups excluding carboxylic acids is 2. The van der Waals surface area contributed by atoms with Crippen molar-refractivity contribution in [3.63, 3.8) is 0 Å². The highest BCUT2D eigenvalue weighted by Gasteiger charge is 2.23. The highest BCUT2D eigenvalue weighted by Crippen LogP contribution is 2.46. The summed E-state index contributed by atoms with van der Waals surface area (Å²) < 4.78 is 4.39. The van der Waals surface area contributed by atoms with Gasteiger partial charge in [-0.3, -0.25) is 9.59 Å². The first kappa shape index (κ1) is 17.7. The molecule has 1 amide bonds. The van der Waals surface area contributed by atoms with Gasteiger partial charge in [0.25, 0.3) is 5.91 Å². The lowest BCUT2D eigenvalue weighted by Gasteiger charge is -2.14. The second-order valence-electron chi connectivity index (χ2n) is 4.98. The zero-order valence-corrected chi connectivity index (χ0v) is 13.0. The zero-order valence-electron chi connectivity index (χ0n) is 13.0. The zero-order chi connectivity index (χ0) is 18.7. The van der Waals surface area contributed by atoms with Crippen LogP contribution in [0, 0.1) is 0 Å². The standard InChI is InChI=1S/C16H15NO8/c1-25-12(21)6-17-16(24)8-5-11(20)14(22)15(23)13(8)7-2-3-9(18)10(19)4-7/h2-5,18-20,22-23H,6H2,1H3,(H,17,24). The minimum Gasteiger partial charge on any atom is -0.504 e. The Bertz CT molecular complexity index is 847. The summed E-state index contributed by atoms with van der Waals surface area (Å²) in [7, 11) is 1.14. The number of ether oxygens (including phenoxy) is 1. The number of rotatable bonds is 4. The van der Waals surface area contributed by atoms with Gasteiger partial charge in [-0.25, -0.2) is 0 Å². The number of methoxy groups -OCH3 is 1. The van der Waals surface area contributed by atoms with Crippen LogP contribution in [-0.2, 0) is 9.53 Å². The Kier molecular flexibility index (Phi) is 4.87. The molecule has 2 aromatic carbocycles. The number of esters is 1. The SMILES string of the molecule is COC(=O)CNC(=O)c1cc(O)c(O)c(O)c1-c1ccc(O)c(O)c1. The van der Waals surface area contributed by atoms with E-state index in [2.05, 4.69) is 10.1 Å². The largest absolute Gasteiger partial charge is 0.504 e. The van der Waals surface area contributed by atoms with Gasteiger partial charge in [-0.15, -0.1) is 0 Å². The minimum atomic E-state index is -0.868. The first-order valence-electron chi connectivity index (χ1n) is 6.91. The van der Waals surface area contributed by atoms with Crippen molar-refractivity contribution in [3.8, 4) is 39.9 Å². The molecule has 0 atom stereocenters. The number of aromatic hydroxyl groups is 5. The first-order valence-corrected chi connectivity index (χ1v) is 6.91. The molecule has 0 aromatic heterocycles. The van der Waals surface area contributed by atoms with Crippen molar-refractivity contribution < 1.29 is 39.9 Å². The van der Waals surface area contributed by atoms with Gasteiger partial charge in [-0.05, 0) is 23.8 Å². The molecule has 2 rings (SSSR count). The molecule has 9 nitrogen and oxygen atoms in total. The van der Waals surface area contributed by atoms with Gasteiger partial charge in [0.15, 0.2) is 23.0 Å². The van der Waals surface area contributed by atoms with Crippen LogP contribution in [0.25, 0.3) is 11.1 Å². The Morgan fingerprint density at radius 2 is 1.64 bits per heavy atom. The fraction of sp³-hybridized carbons (Fsp3) is 0.125. The molecule has 0 aliphatic heterocycles. The topological polar surface area (TPSA) is 157 Å². The van der Waals surface area contributed by atoms with Crippen LogP contribution < -0.4 is 5.32 Å². The Morgan fingerprint density at radius 3 is 2.24 bits per heavy atom. The lowest BCUT2D eigenvalue weighted by atomic mass is 9.96. The molecule has 0 fully saturated rings. The molecule has 0 radical (unpaired) electrons. The molecule has 0 aliphatic carbocycles. The highest BCUT2D eigenvalue weighted by molar-refractivity contribution is 6.04. The number of amides is 1. The van der Waals surface area contributed by atoms with E-state index in [-0.39, 0.29) is 16.7 Å². The van der Waals surface area contributed by atoms with E-state index in [1.807, 2.05) is 0 Å². The fourth-order valence-electron chi connectivity index (χ4n) is 2.11. The molecule has 0 bridgehead atoms. The average Bonchev–Trinajstić information content (AvgIpc) is 2.59. The van der Waals surface area contributed by atoms with Gasteiger partial charge in [0.05, 0.1) is 12.7 Å². The van der Waals surface area contributed by atoms with Gasteiger partial charge in [0.1, 0.15) is 6.54 Å². The van der Waals surface area contributed by atoms with Crippen LogP contribution in [0.2, 0.25) is 0 Å². The van der Waals surface area contributed by atoms with E-state index in [1.54, 1.807) is 0 Å². The van der Waals surface area contributed by atoms with Crippen molar-refractivity contribution in [2.24, 2.45) is 0 Å². The summed E-state index contributed by atoms with van der Waals surface area (Å²) in [5, 5.41) is 50.7. The van der Waals surface area contributed by atoms with Gasteiger partial charge in [-0.1, -0.05) is 6.07 Å². The lowest BCUT2D eigenvalue weighted by Crippen LogP contribution is -2.30. The van der Waals surface area contributed by atoms with Gasteiger partial charge in [0.2, 0.25) is 5.75 Å². The van der Waals surface area contributed by atoms with Gasteiger partial charge in [-0.2, -0.15) is 0 Å². The van der Waals surface area contributed by atoms with E-state index in [0.29, 0.717) is 0 Å². The summed E-state index contributed by atoms with van der Waals surface area (Å²) in [5.74, 6) is -4.95. The maximum Gasteiger partial charge on any atom is 0.325 e. The molecule has 0 saturated heterocycles. The summed E-state index contributed by atoms with van der Waals surface area (Å²) in [6.07, 6.45) is 0. The second kappa shape index (κ2) is 6.87. The van der Waals surface area contributed by atoms with Crippen LogP contribution in [0.3, 0.4) is 0 Å². The molecule has 0 saturated carbocycles. The van der Waals surface area contributed by atoms with E-state index in [9.17, 15) is 35.1 Å². The van der Waals surface area contributed by atoms with Crippen LogP contribution in [0.1, 0.15) is 10.4 Å². The maximum absolute atomic E-state index is 12.3. The number of benzene rings is 2. The quantitative estimate of drug-likeness (QED) is 0.349. The second-order valence-corrected chi connectivity index (χ2v) is 4.98. The molecule has 2 aromatic rings. The number of carbonyl (C=O) groups is 2. The molecular weight excluding hydrogens is 334 g/mol. The van der Waals surface area contributed by atoms with Crippen LogP contribution >= 0.6 is 0 Å². The van der Waals surface area contributed by atoms with Crippen LogP contribution in [-0.4, -0.2) is 51.1 Å². The van der Waals surface area contributed by atoms with Gasteiger partial charge in [0, 0.05) is 5.56 Å². The Balaban J connectivity index is 2.57. The van der Waals surface area contributed by atoms with Crippen molar-refractivity contribution >= 4 is 11.9 Å². The average molecular weight is 349 g/mol. The molecule has 25 heavy (non-hydrogen) atoms. The minimum absolute atomic E-state index is 0.0753. The smallest absolute Gasteiger partial charge is 0.325 e. The van der Waals surface area contributed by atoms with Crippen molar-refractivity contribution in [1.82, 2.24) is 5.32 Å². The molecule has 0 unspecified atom stereocenters. The Hall–Kier alpha value is -3.62. The van der Waals surface area contributed by atoms with E-state index in [1.165, 1.54) is 6.07 Å². The number of nitrogens with one attached hydrogen (secondary N) is 1. The van der Waals surface area contributed by atoms with E-state index < -0.39 is 47.2 Å². The van der Waals surface area contributed by atoms with Crippen LogP contribution in [0.4, 0.5) is 0 Å². The number of hydrogen-bond donors (Lipinski definition) is 6. The maximum atomic E-state index is 12.3. The van der Waals surface area contributed by atoms with E-state index >= 15 is 0 Å². The van der Waals surface area contributed by atoms with E-state index in [4.69, 9.17) is 0 Å². The first-order chi connectivity index (χ1) is 11.8. The Labute approximate surface area is 141 Å². The summed E-state index contributed by atoms with van der Waals surface area (Å²) in [6.45, 7) is -0.460. The molecule has 9 heteroatoms. The third kappa shape index (κ3) is 3.50. The molecule has 0 heterocycles. The molecule has 0 aliphatic rings. The third-order valence-corrected chi connectivity index (χ3v) is 3.38. The van der Waals surface area contributed by atoms with Crippen molar-refractivity contribution in [3.05, 3.63) is 29.8 Å². The van der Waals surface area contributed by atoms with Crippen molar-refractivity contribution in [1.29, 1.82) is 0 Å². The van der Waals surface area contributed by atoms with Crippen molar-refractivity contribution in [2.45, 2.75) is 0 Å². The predicted molar refractivity (Wildman–Crippen MR) is 84.6 cm³/mol. The number of hydrogen-bond acceptors (Lipinski definition) is 8. The normalized spacial score (nSPS) is 10.3. The van der Waals surface area contributed by atoms with Crippen LogP contribution in [0.15, 0.2) is 24.3 Å². The summed E-state index contributed by atoms with van der Waals surface area (Å²) in [4.78, 5) is 23.4. The van der Waals surface area contributed by atoms with Gasteiger partial charge < -0.3 is 35.6 Å². The summed E-state index contributed by atoms with van der Waals surface area (Å²) in [5.41, 5.74) is -0.416. The van der Waals surface area contributed by atoms with Gasteiger partial charge >= 0.3 is 5.97 Å². The molecule has 132 valence electrons. The predicted octanol–water partition coefficient (Wildman–Crippen LogP) is 0.784. The third-order valence-electron chi connectivity index (χ3n) is 3.38. The summed E-state index contributed by atoms with van der Waals surface area (Å²) in [6, 6.07) is 4.33. The monoisotopic (exact) mass is 349 g/mol. The lowest BCUT2D eigenvalue weighted by molar-refractivity contribution is -0.139. The molecule has 6 N–H and O–H groups in total. The van der Waals surface area contributed by atoms with Crippen molar-refractivity contribution in [2.75, 3.05) is 13.7 Å². The summed E-state index contributed by atoms with van der Waals surface area (Å²) >= 11 is 0. The Morgan fingerprint density at radius 1 is 0.960 bits per heavy atom. The number of phenols is 5. The number of phenolic OH excluding ortho intramolecular Hbond substituents is 5. The van der Waals surface area contributed by atoms with E-state index in [0.717, 1.165) is 25.3 Å².